The molecule has 0 aliphatic carbocycles. The number of nitrogens with one attached hydrogen (secondary N) is 1. The molecule has 0 saturated heterocycles. The molecular weight excluding hydrogens is 294 g/mol. The van der Waals surface area contributed by atoms with Crippen LogP contribution < -0.4 is 14.8 Å². The van der Waals surface area contributed by atoms with Gasteiger partial charge in [-0.1, -0.05) is 24.9 Å². The van der Waals surface area contributed by atoms with Crippen molar-refractivity contribution in [1.29, 1.82) is 0 Å². The maximum Gasteiger partial charge on any atom is 0.251 e. The van der Waals surface area contributed by atoms with Gasteiger partial charge in [0.15, 0.2) is 11.5 Å². The SMILES string of the molecule is CCCC(CCO)CNC(=O)c1cc(Cl)c2c(c1)OCO2. The van der Waals surface area contributed by atoms with Crippen molar-refractivity contribution in [3.05, 3.63) is 22.7 Å². The van der Waals surface area contributed by atoms with Gasteiger partial charge >= 0.3 is 0 Å². The number of hydrogen-bond donors (Lipinski definition) is 2. The molecule has 5 nitrogen and oxygen atoms in total. The van der Waals surface area contributed by atoms with Crippen LogP contribution >= 0.6 is 11.6 Å². The van der Waals surface area contributed by atoms with Crippen molar-refractivity contribution in [3.63, 3.8) is 0 Å². The molecule has 1 amide bonds. The van der Waals surface area contributed by atoms with Crippen LogP contribution in [0.2, 0.25) is 5.02 Å². The van der Waals surface area contributed by atoms with Crippen LogP contribution in [0.15, 0.2) is 12.1 Å². The highest BCUT2D eigenvalue weighted by atomic mass is 35.5. The molecule has 0 spiro atoms. The van der Waals surface area contributed by atoms with Gasteiger partial charge in [0.05, 0.1) is 5.02 Å². The number of halogens is 1. The smallest absolute Gasteiger partial charge is 0.251 e. The molecular formula is C15H20ClNO4. The summed E-state index contributed by atoms with van der Waals surface area (Å²) in [5.41, 5.74) is 0.448. The molecule has 2 rings (SSSR count). The lowest BCUT2D eigenvalue weighted by atomic mass is 10.00. The van der Waals surface area contributed by atoms with E-state index < -0.39 is 0 Å². The van der Waals surface area contributed by atoms with Crippen LogP contribution in [0.5, 0.6) is 11.5 Å². The second-order valence-electron chi connectivity index (χ2n) is 5.07. The maximum atomic E-state index is 12.2. The molecule has 1 aliphatic rings. The van der Waals surface area contributed by atoms with Crippen LogP contribution in [-0.4, -0.2) is 31.0 Å². The Bertz CT molecular complexity index is 501. The van der Waals surface area contributed by atoms with Gasteiger partial charge in [0, 0.05) is 18.7 Å². The highest BCUT2D eigenvalue weighted by Gasteiger charge is 2.21. The Morgan fingerprint density at radius 2 is 2.24 bits per heavy atom. The van der Waals surface area contributed by atoms with Gasteiger partial charge in [-0.25, -0.2) is 0 Å². The second kappa shape index (κ2) is 7.52. The van der Waals surface area contributed by atoms with Gasteiger partial charge < -0.3 is 19.9 Å². The predicted molar refractivity (Wildman–Crippen MR) is 80.0 cm³/mol. The van der Waals surface area contributed by atoms with Crippen molar-refractivity contribution in [2.45, 2.75) is 26.2 Å². The Labute approximate surface area is 129 Å². The molecule has 1 aromatic carbocycles. The van der Waals surface area contributed by atoms with Gasteiger partial charge in [0.25, 0.3) is 5.91 Å². The molecule has 116 valence electrons. The lowest BCUT2D eigenvalue weighted by Gasteiger charge is -2.15. The zero-order chi connectivity index (χ0) is 15.2. The van der Waals surface area contributed by atoms with E-state index in [1.54, 1.807) is 12.1 Å². The molecule has 1 heterocycles. The Hall–Kier alpha value is -1.46. The first-order valence-electron chi connectivity index (χ1n) is 7.14. The van der Waals surface area contributed by atoms with E-state index in [-0.39, 0.29) is 25.2 Å². The number of aliphatic hydroxyl groups is 1. The largest absolute Gasteiger partial charge is 0.454 e. The van der Waals surface area contributed by atoms with Crippen LogP contribution in [0.1, 0.15) is 36.5 Å². The number of rotatable bonds is 7. The lowest BCUT2D eigenvalue weighted by Crippen LogP contribution is -2.29. The van der Waals surface area contributed by atoms with E-state index in [0.29, 0.717) is 35.1 Å². The Morgan fingerprint density at radius 3 is 2.95 bits per heavy atom. The minimum Gasteiger partial charge on any atom is -0.454 e. The van der Waals surface area contributed by atoms with Crippen molar-refractivity contribution in [2.24, 2.45) is 5.92 Å². The summed E-state index contributed by atoms with van der Waals surface area (Å²) in [6, 6.07) is 3.20. The van der Waals surface area contributed by atoms with Crippen molar-refractivity contribution < 1.29 is 19.4 Å². The van der Waals surface area contributed by atoms with E-state index in [1.165, 1.54) is 0 Å². The average molecular weight is 314 g/mol. The molecule has 0 radical (unpaired) electrons. The average Bonchev–Trinajstić information content (AvgIpc) is 2.94. The van der Waals surface area contributed by atoms with Crippen LogP contribution in [0.4, 0.5) is 0 Å². The van der Waals surface area contributed by atoms with E-state index >= 15 is 0 Å². The van der Waals surface area contributed by atoms with Gasteiger partial charge in [-0.2, -0.15) is 0 Å². The number of fused-ring (bicyclic) bond motifs is 1. The molecule has 1 aromatic rings. The molecule has 0 saturated carbocycles. The van der Waals surface area contributed by atoms with Gasteiger partial charge in [-0.3, -0.25) is 4.79 Å². The zero-order valence-corrected chi connectivity index (χ0v) is 12.8. The van der Waals surface area contributed by atoms with E-state index in [0.717, 1.165) is 12.8 Å². The van der Waals surface area contributed by atoms with Crippen LogP contribution in [0.25, 0.3) is 0 Å². The summed E-state index contributed by atoms with van der Waals surface area (Å²) in [7, 11) is 0. The third-order valence-electron chi connectivity index (χ3n) is 3.47. The van der Waals surface area contributed by atoms with Gasteiger partial charge in [-0.15, -0.1) is 0 Å². The second-order valence-corrected chi connectivity index (χ2v) is 5.48. The fraction of sp³-hybridized carbons (Fsp3) is 0.533. The van der Waals surface area contributed by atoms with Crippen molar-refractivity contribution in [2.75, 3.05) is 19.9 Å². The van der Waals surface area contributed by atoms with Crippen LogP contribution in [-0.2, 0) is 0 Å². The number of amides is 1. The first-order valence-corrected chi connectivity index (χ1v) is 7.51. The third kappa shape index (κ3) is 4.02. The molecule has 21 heavy (non-hydrogen) atoms. The molecule has 1 atom stereocenters. The summed E-state index contributed by atoms with van der Waals surface area (Å²) in [6.45, 7) is 2.88. The van der Waals surface area contributed by atoms with Crippen molar-refractivity contribution >= 4 is 17.5 Å². The third-order valence-corrected chi connectivity index (χ3v) is 3.76. The highest BCUT2D eigenvalue weighted by molar-refractivity contribution is 6.32. The molecule has 0 fully saturated rings. The molecule has 0 aromatic heterocycles. The molecule has 0 bridgehead atoms. The summed E-state index contributed by atoms with van der Waals surface area (Å²) in [5, 5.41) is 12.3. The fourth-order valence-electron chi connectivity index (χ4n) is 2.38. The minimum atomic E-state index is -0.200. The normalized spacial score (nSPS) is 14.0. The number of ether oxygens (including phenoxy) is 2. The minimum absolute atomic E-state index is 0.120. The Balaban J connectivity index is 1.98. The fourth-order valence-corrected chi connectivity index (χ4v) is 2.64. The highest BCUT2D eigenvalue weighted by Crippen LogP contribution is 2.39. The summed E-state index contributed by atoms with van der Waals surface area (Å²) >= 11 is 6.06. The number of hydrogen-bond acceptors (Lipinski definition) is 4. The van der Waals surface area contributed by atoms with Crippen molar-refractivity contribution in [3.8, 4) is 11.5 Å². The van der Waals surface area contributed by atoms with Gasteiger partial charge in [0.2, 0.25) is 6.79 Å². The van der Waals surface area contributed by atoms with E-state index in [2.05, 4.69) is 12.2 Å². The summed E-state index contributed by atoms with van der Waals surface area (Å²) in [5.74, 6) is 1.06. The summed E-state index contributed by atoms with van der Waals surface area (Å²) in [4.78, 5) is 12.2. The number of carbonyl (C=O) groups is 1. The first-order chi connectivity index (χ1) is 10.2. The number of benzene rings is 1. The molecule has 1 unspecified atom stereocenters. The van der Waals surface area contributed by atoms with Gasteiger partial charge in [0.1, 0.15) is 0 Å². The Morgan fingerprint density at radius 1 is 1.43 bits per heavy atom. The molecule has 2 N–H and O–H groups in total. The quantitative estimate of drug-likeness (QED) is 0.812. The maximum absolute atomic E-state index is 12.2. The van der Waals surface area contributed by atoms with Gasteiger partial charge in [-0.05, 0) is 30.9 Å². The summed E-state index contributed by atoms with van der Waals surface area (Å²) < 4.78 is 10.5. The lowest BCUT2D eigenvalue weighted by molar-refractivity contribution is 0.0942. The topological polar surface area (TPSA) is 67.8 Å². The van der Waals surface area contributed by atoms with Crippen molar-refractivity contribution in [1.82, 2.24) is 5.32 Å². The number of aliphatic hydroxyl groups excluding tert-OH is 1. The van der Waals surface area contributed by atoms with Crippen LogP contribution in [0, 0.1) is 5.92 Å². The van der Waals surface area contributed by atoms with E-state index in [1.807, 2.05) is 0 Å². The monoisotopic (exact) mass is 313 g/mol. The van der Waals surface area contributed by atoms with E-state index in [4.69, 9.17) is 26.2 Å². The summed E-state index contributed by atoms with van der Waals surface area (Å²) in [6.07, 6.45) is 2.69. The molecule has 6 heteroatoms. The molecule has 1 aliphatic heterocycles. The standard InChI is InChI=1S/C15H20ClNO4/c1-2-3-10(4-5-18)8-17-15(19)11-6-12(16)14-13(7-11)20-9-21-14/h6-7,10,18H,2-5,8-9H2,1H3,(H,17,19). The van der Waals surface area contributed by atoms with Crippen LogP contribution in [0.3, 0.4) is 0 Å². The zero-order valence-electron chi connectivity index (χ0n) is 12.0. The van der Waals surface area contributed by atoms with E-state index in [9.17, 15) is 4.79 Å². The predicted octanol–water partition coefficient (Wildman–Crippen LogP) is 2.60. The Kier molecular flexibility index (Phi) is 5.70. The first kappa shape index (κ1) is 15.9. The number of carbonyl (C=O) groups excluding carboxylic acids is 1.